The van der Waals surface area contributed by atoms with Crippen LogP contribution >= 0.6 is 0 Å². The number of nitrogens with one attached hydrogen (secondary N) is 1. The lowest BCUT2D eigenvalue weighted by Crippen LogP contribution is -2.58. The van der Waals surface area contributed by atoms with Gasteiger partial charge in [0.1, 0.15) is 0 Å². The average Bonchev–Trinajstić information content (AvgIpc) is 2.48. The Labute approximate surface area is 115 Å². The summed E-state index contributed by atoms with van der Waals surface area (Å²) in [7, 11) is 0. The Hall–Kier alpha value is -1.35. The Morgan fingerprint density at radius 1 is 1.21 bits per heavy atom. The van der Waals surface area contributed by atoms with Gasteiger partial charge in [-0.25, -0.2) is 0 Å². The second kappa shape index (κ2) is 5.33. The minimum absolute atomic E-state index is 0.157. The number of carbonyl (C=O) groups excluding carboxylic acids is 1. The highest BCUT2D eigenvalue weighted by atomic mass is 16.2. The van der Waals surface area contributed by atoms with E-state index in [-0.39, 0.29) is 12.0 Å². The molecule has 3 rings (SSSR count). The van der Waals surface area contributed by atoms with Gasteiger partial charge in [-0.15, -0.1) is 0 Å². The molecule has 1 amide bonds. The molecule has 19 heavy (non-hydrogen) atoms. The standard InChI is InChI=1S/C16H22N2O/c1-12(13-7-3-2-4-8-13)18-11-17-15-10-6-5-9-14(15)16(18)19/h2-4,7-8,12,14-15,17H,5-6,9-11H2,1H3/t12-,14+,15-/m0/s1. The lowest BCUT2D eigenvalue weighted by Gasteiger charge is -2.43. The van der Waals surface area contributed by atoms with Crippen LogP contribution in [0.1, 0.15) is 44.2 Å². The number of rotatable bonds is 2. The molecule has 0 radical (unpaired) electrons. The van der Waals surface area contributed by atoms with Crippen molar-refractivity contribution in [3.05, 3.63) is 35.9 Å². The molecule has 3 heteroatoms. The molecular formula is C16H22N2O. The van der Waals surface area contributed by atoms with Crippen LogP contribution in [0.15, 0.2) is 30.3 Å². The summed E-state index contributed by atoms with van der Waals surface area (Å²) >= 11 is 0. The van der Waals surface area contributed by atoms with E-state index in [1.807, 2.05) is 23.1 Å². The fourth-order valence-electron chi connectivity index (χ4n) is 3.42. The van der Waals surface area contributed by atoms with E-state index in [1.54, 1.807) is 0 Å². The lowest BCUT2D eigenvalue weighted by molar-refractivity contribution is -0.144. The average molecular weight is 258 g/mol. The van der Waals surface area contributed by atoms with Gasteiger partial charge in [0.15, 0.2) is 0 Å². The van der Waals surface area contributed by atoms with Gasteiger partial charge in [-0.1, -0.05) is 43.2 Å². The lowest BCUT2D eigenvalue weighted by atomic mass is 9.82. The van der Waals surface area contributed by atoms with Crippen molar-refractivity contribution in [1.82, 2.24) is 10.2 Å². The van der Waals surface area contributed by atoms with Crippen LogP contribution in [-0.2, 0) is 4.79 Å². The van der Waals surface area contributed by atoms with Gasteiger partial charge in [0, 0.05) is 6.04 Å². The smallest absolute Gasteiger partial charge is 0.228 e. The molecule has 2 fully saturated rings. The molecule has 3 atom stereocenters. The molecule has 1 saturated carbocycles. The molecule has 1 N–H and O–H groups in total. The van der Waals surface area contributed by atoms with E-state index in [9.17, 15) is 4.79 Å². The first kappa shape index (κ1) is 12.7. The van der Waals surface area contributed by atoms with Crippen molar-refractivity contribution in [2.24, 2.45) is 5.92 Å². The minimum atomic E-state index is 0.157. The number of carbonyl (C=O) groups is 1. The zero-order valence-corrected chi connectivity index (χ0v) is 11.5. The van der Waals surface area contributed by atoms with Crippen LogP contribution in [-0.4, -0.2) is 23.5 Å². The molecule has 1 aliphatic heterocycles. The van der Waals surface area contributed by atoms with Crippen LogP contribution in [0.5, 0.6) is 0 Å². The fourth-order valence-corrected chi connectivity index (χ4v) is 3.42. The Morgan fingerprint density at radius 3 is 2.74 bits per heavy atom. The van der Waals surface area contributed by atoms with Crippen molar-refractivity contribution in [2.75, 3.05) is 6.67 Å². The largest absolute Gasteiger partial charge is 0.323 e. The van der Waals surface area contributed by atoms with E-state index < -0.39 is 0 Å². The monoisotopic (exact) mass is 258 g/mol. The van der Waals surface area contributed by atoms with Crippen LogP contribution in [0.25, 0.3) is 0 Å². The number of benzene rings is 1. The highest BCUT2D eigenvalue weighted by molar-refractivity contribution is 5.81. The van der Waals surface area contributed by atoms with Gasteiger partial charge in [-0.05, 0) is 25.3 Å². The third-order valence-corrected chi connectivity index (χ3v) is 4.64. The van der Waals surface area contributed by atoms with Gasteiger partial charge in [0.25, 0.3) is 0 Å². The maximum absolute atomic E-state index is 12.7. The van der Waals surface area contributed by atoms with E-state index in [2.05, 4.69) is 24.4 Å². The zero-order valence-electron chi connectivity index (χ0n) is 11.5. The molecule has 1 aromatic rings. The number of amides is 1. The summed E-state index contributed by atoms with van der Waals surface area (Å²) in [6.07, 6.45) is 4.66. The van der Waals surface area contributed by atoms with Crippen LogP contribution in [0, 0.1) is 5.92 Å². The highest BCUT2D eigenvalue weighted by Crippen LogP contribution is 2.32. The summed E-state index contributed by atoms with van der Waals surface area (Å²) in [5.41, 5.74) is 1.21. The van der Waals surface area contributed by atoms with Gasteiger partial charge >= 0.3 is 0 Å². The molecule has 0 bridgehead atoms. The molecule has 1 heterocycles. The van der Waals surface area contributed by atoms with Crippen molar-refractivity contribution in [3.63, 3.8) is 0 Å². The molecule has 2 aliphatic rings. The summed E-state index contributed by atoms with van der Waals surface area (Å²) in [5, 5.41) is 3.56. The van der Waals surface area contributed by atoms with Crippen molar-refractivity contribution in [3.8, 4) is 0 Å². The molecule has 1 aromatic carbocycles. The number of nitrogens with zero attached hydrogens (tertiary/aromatic N) is 1. The second-order valence-electron chi connectivity index (χ2n) is 5.75. The maximum Gasteiger partial charge on any atom is 0.228 e. The van der Waals surface area contributed by atoms with Gasteiger partial charge in [-0.2, -0.15) is 0 Å². The van der Waals surface area contributed by atoms with E-state index >= 15 is 0 Å². The first-order valence-corrected chi connectivity index (χ1v) is 7.36. The first-order chi connectivity index (χ1) is 9.27. The van der Waals surface area contributed by atoms with Crippen LogP contribution < -0.4 is 5.32 Å². The van der Waals surface area contributed by atoms with Crippen molar-refractivity contribution in [1.29, 1.82) is 0 Å². The Bertz CT molecular complexity index is 445. The highest BCUT2D eigenvalue weighted by Gasteiger charge is 2.39. The number of fused-ring (bicyclic) bond motifs is 1. The predicted molar refractivity (Wildman–Crippen MR) is 75.5 cm³/mol. The van der Waals surface area contributed by atoms with Gasteiger partial charge in [0.2, 0.25) is 5.91 Å². The molecule has 0 aromatic heterocycles. The first-order valence-electron chi connectivity index (χ1n) is 7.36. The van der Waals surface area contributed by atoms with Crippen LogP contribution in [0.2, 0.25) is 0 Å². The Morgan fingerprint density at radius 2 is 1.95 bits per heavy atom. The minimum Gasteiger partial charge on any atom is -0.323 e. The van der Waals surface area contributed by atoms with Crippen LogP contribution in [0.3, 0.4) is 0 Å². The second-order valence-corrected chi connectivity index (χ2v) is 5.75. The predicted octanol–water partition coefficient (Wildman–Crippen LogP) is 2.70. The fraction of sp³-hybridized carbons (Fsp3) is 0.562. The van der Waals surface area contributed by atoms with Crippen molar-refractivity contribution < 1.29 is 4.79 Å². The molecule has 102 valence electrons. The molecule has 0 unspecified atom stereocenters. The van der Waals surface area contributed by atoms with E-state index in [4.69, 9.17) is 0 Å². The quantitative estimate of drug-likeness (QED) is 0.884. The number of hydrogen-bond acceptors (Lipinski definition) is 2. The summed E-state index contributed by atoms with van der Waals surface area (Å²) in [6.45, 7) is 2.81. The van der Waals surface area contributed by atoms with Gasteiger partial charge < -0.3 is 4.90 Å². The SMILES string of the molecule is C[C@@H](c1ccccc1)N1CN[C@H]2CCCC[C@H]2C1=O. The molecule has 3 nitrogen and oxygen atoms in total. The Kier molecular flexibility index (Phi) is 3.56. The van der Waals surface area contributed by atoms with Gasteiger partial charge in [-0.3, -0.25) is 10.1 Å². The van der Waals surface area contributed by atoms with Crippen molar-refractivity contribution in [2.45, 2.75) is 44.7 Å². The number of hydrogen-bond donors (Lipinski definition) is 1. The summed E-state index contributed by atoms with van der Waals surface area (Å²) in [6, 6.07) is 10.9. The van der Waals surface area contributed by atoms with Gasteiger partial charge in [0.05, 0.1) is 18.6 Å². The van der Waals surface area contributed by atoms with Crippen LogP contribution in [0.4, 0.5) is 0 Å². The third kappa shape index (κ3) is 2.39. The third-order valence-electron chi connectivity index (χ3n) is 4.64. The molecule has 0 spiro atoms. The molecule has 1 saturated heterocycles. The van der Waals surface area contributed by atoms with Crippen molar-refractivity contribution >= 4 is 5.91 Å². The molecule has 1 aliphatic carbocycles. The summed E-state index contributed by atoms with van der Waals surface area (Å²) < 4.78 is 0. The zero-order chi connectivity index (χ0) is 13.2. The van der Waals surface area contributed by atoms with E-state index in [1.165, 1.54) is 18.4 Å². The Balaban J connectivity index is 1.76. The topological polar surface area (TPSA) is 32.3 Å². The van der Waals surface area contributed by atoms with E-state index in [0.29, 0.717) is 18.6 Å². The van der Waals surface area contributed by atoms with E-state index in [0.717, 1.165) is 12.8 Å². The normalized spacial score (nSPS) is 28.9. The summed E-state index contributed by atoms with van der Waals surface area (Å²) in [5.74, 6) is 0.550. The molecular weight excluding hydrogens is 236 g/mol. The summed E-state index contributed by atoms with van der Waals surface area (Å²) in [4.78, 5) is 14.7. The maximum atomic E-state index is 12.7.